The van der Waals surface area contributed by atoms with Gasteiger partial charge < -0.3 is 15.7 Å². The summed E-state index contributed by atoms with van der Waals surface area (Å²) in [5.74, 6) is 0.141. The molecule has 36 heavy (non-hydrogen) atoms. The molecule has 0 spiro atoms. The second-order valence-electron chi connectivity index (χ2n) is 9.24. The van der Waals surface area contributed by atoms with Crippen molar-refractivity contribution in [3.63, 3.8) is 0 Å². The first-order valence-corrected chi connectivity index (χ1v) is 12.2. The average Bonchev–Trinajstić information content (AvgIpc) is 3.34. The van der Waals surface area contributed by atoms with E-state index in [1.165, 1.54) is 6.07 Å². The van der Waals surface area contributed by atoms with Crippen molar-refractivity contribution < 1.29 is 14.3 Å². The number of aliphatic hydroxyl groups is 1. The molecule has 0 aliphatic carbocycles. The molecular weight excluding hydrogens is 459 g/mol. The number of likely N-dealkylation sites (tertiary alicyclic amines) is 1. The summed E-state index contributed by atoms with van der Waals surface area (Å²) in [7, 11) is 0. The topological polar surface area (TPSA) is 110 Å². The van der Waals surface area contributed by atoms with Gasteiger partial charge in [-0.05, 0) is 44.4 Å². The third kappa shape index (κ3) is 4.19. The molecule has 3 aromatic heterocycles. The molecule has 1 saturated heterocycles. The van der Waals surface area contributed by atoms with Gasteiger partial charge in [0, 0.05) is 47.5 Å². The van der Waals surface area contributed by atoms with Gasteiger partial charge in [0.1, 0.15) is 17.7 Å². The number of pyridine rings is 1. The highest BCUT2D eigenvalue weighted by Crippen LogP contribution is 2.34. The molecule has 8 nitrogen and oxygen atoms in total. The van der Waals surface area contributed by atoms with Gasteiger partial charge >= 0.3 is 0 Å². The first-order valence-electron chi connectivity index (χ1n) is 12.2. The lowest BCUT2D eigenvalue weighted by Crippen LogP contribution is -2.43. The molecule has 0 radical (unpaired) electrons. The van der Waals surface area contributed by atoms with Crippen LogP contribution in [0.3, 0.4) is 0 Å². The van der Waals surface area contributed by atoms with E-state index in [2.05, 4.69) is 10.1 Å². The van der Waals surface area contributed by atoms with Gasteiger partial charge in [0.05, 0.1) is 17.6 Å². The van der Waals surface area contributed by atoms with Crippen molar-refractivity contribution in [2.45, 2.75) is 45.1 Å². The number of fused-ring (bicyclic) bond motifs is 1. The summed E-state index contributed by atoms with van der Waals surface area (Å²) in [6, 6.07) is 10.2. The quantitative estimate of drug-likeness (QED) is 0.440. The zero-order valence-corrected chi connectivity index (χ0v) is 20.4. The normalized spacial score (nSPS) is 15.4. The number of aliphatic hydroxyl groups excluding tert-OH is 1. The maximum Gasteiger partial charge on any atom is 0.251 e. The van der Waals surface area contributed by atoms with Crippen LogP contribution < -0.4 is 5.73 Å². The van der Waals surface area contributed by atoms with Crippen LogP contribution in [-0.4, -0.2) is 54.7 Å². The number of rotatable bonds is 5. The van der Waals surface area contributed by atoms with Crippen LogP contribution in [0.5, 0.6) is 0 Å². The van der Waals surface area contributed by atoms with Crippen LogP contribution in [0.2, 0.25) is 0 Å². The molecule has 1 amide bonds. The van der Waals surface area contributed by atoms with Gasteiger partial charge in [0.2, 0.25) is 0 Å². The molecule has 1 aromatic carbocycles. The van der Waals surface area contributed by atoms with Gasteiger partial charge in [-0.25, -0.2) is 9.37 Å². The van der Waals surface area contributed by atoms with Crippen molar-refractivity contribution in [3.05, 3.63) is 65.9 Å². The van der Waals surface area contributed by atoms with Crippen LogP contribution in [0, 0.1) is 12.7 Å². The highest BCUT2D eigenvalue weighted by Gasteiger charge is 2.29. The second-order valence-corrected chi connectivity index (χ2v) is 9.24. The second kappa shape index (κ2) is 9.66. The largest absolute Gasteiger partial charge is 0.383 e. The molecule has 0 unspecified atom stereocenters. The third-order valence-electron chi connectivity index (χ3n) is 7.06. The highest BCUT2D eigenvalue weighted by molar-refractivity contribution is 5.81. The number of benzene rings is 1. The van der Waals surface area contributed by atoms with E-state index < -0.39 is 6.10 Å². The molecule has 3 N–H and O–H groups in total. The molecule has 4 heterocycles. The molecule has 0 saturated carbocycles. The van der Waals surface area contributed by atoms with E-state index in [0.717, 1.165) is 35.2 Å². The smallest absolute Gasteiger partial charge is 0.251 e. The number of hydrogen-bond donors (Lipinski definition) is 2. The molecule has 0 bridgehead atoms. The Kier molecular flexibility index (Phi) is 6.40. The summed E-state index contributed by atoms with van der Waals surface area (Å²) in [4.78, 5) is 23.6. The fraction of sp³-hybridized carbons (Fsp3) is 0.333. The van der Waals surface area contributed by atoms with Gasteiger partial charge in [-0.1, -0.05) is 25.1 Å². The number of carbonyl (C=O) groups excluding carboxylic acids is 1. The van der Waals surface area contributed by atoms with Crippen LogP contribution in [0.4, 0.5) is 10.2 Å². The average molecular weight is 489 g/mol. The number of carbonyl (C=O) groups is 1. The number of halogens is 1. The zero-order valence-electron chi connectivity index (χ0n) is 20.4. The highest BCUT2D eigenvalue weighted by atomic mass is 19.1. The third-order valence-corrected chi connectivity index (χ3v) is 7.06. The van der Waals surface area contributed by atoms with Crippen molar-refractivity contribution in [1.29, 1.82) is 0 Å². The lowest BCUT2D eigenvalue weighted by molar-refractivity contribution is -0.141. The fourth-order valence-corrected chi connectivity index (χ4v) is 4.86. The Hall–Kier alpha value is -3.85. The van der Waals surface area contributed by atoms with E-state index in [4.69, 9.17) is 10.7 Å². The maximum absolute atomic E-state index is 14.2. The minimum atomic E-state index is -0.943. The van der Waals surface area contributed by atoms with E-state index in [1.807, 2.05) is 13.0 Å². The van der Waals surface area contributed by atoms with Crippen molar-refractivity contribution in [2.75, 3.05) is 18.8 Å². The Balaban J connectivity index is 1.45. The molecule has 5 rings (SSSR count). The first kappa shape index (κ1) is 23.9. The number of amides is 1. The minimum absolute atomic E-state index is 0.143. The van der Waals surface area contributed by atoms with Crippen LogP contribution in [0.25, 0.3) is 28.0 Å². The van der Waals surface area contributed by atoms with Gasteiger partial charge in [-0.15, -0.1) is 0 Å². The van der Waals surface area contributed by atoms with E-state index in [1.54, 1.807) is 53.0 Å². The molecule has 1 aliphatic heterocycles. The Morgan fingerprint density at radius 2 is 1.92 bits per heavy atom. The van der Waals surface area contributed by atoms with Crippen LogP contribution in [-0.2, 0) is 4.79 Å². The van der Waals surface area contributed by atoms with Crippen LogP contribution >= 0.6 is 0 Å². The maximum atomic E-state index is 14.2. The Bertz CT molecular complexity index is 1410. The summed E-state index contributed by atoms with van der Waals surface area (Å²) < 4.78 is 15.8. The molecule has 1 aliphatic rings. The summed E-state index contributed by atoms with van der Waals surface area (Å²) >= 11 is 0. The fourth-order valence-electron chi connectivity index (χ4n) is 4.86. The van der Waals surface area contributed by atoms with E-state index in [0.29, 0.717) is 42.2 Å². The Labute approximate surface area is 208 Å². The monoisotopic (exact) mass is 488 g/mol. The number of hydrogen-bond acceptors (Lipinski definition) is 6. The molecule has 9 heteroatoms. The SMILES string of the molecule is CC[C@@H](O)C(=O)N1CCC(c2nc3c(-c4ccc(-c5ccccc5F)nc4)cnn3c(N)c2C)CC1. The lowest BCUT2D eigenvalue weighted by atomic mass is 9.90. The Morgan fingerprint density at radius 3 is 2.58 bits per heavy atom. The molecule has 186 valence electrons. The van der Waals surface area contributed by atoms with E-state index in [9.17, 15) is 14.3 Å². The summed E-state index contributed by atoms with van der Waals surface area (Å²) in [5.41, 5.74) is 11.5. The molecule has 4 aromatic rings. The van der Waals surface area contributed by atoms with Crippen molar-refractivity contribution in [3.8, 4) is 22.4 Å². The van der Waals surface area contributed by atoms with Crippen molar-refractivity contribution in [2.24, 2.45) is 0 Å². The first-order chi connectivity index (χ1) is 17.4. The number of nitrogen functional groups attached to an aromatic ring is 1. The molecular formula is C27H29FN6O2. The standard InChI is InChI=1S/C27H29FN6O2/c1-3-23(35)27(36)33-12-10-17(11-13-33)24-16(2)25(29)34-26(32-24)20(15-31-34)18-8-9-22(30-14-18)19-6-4-5-7-21(19)28/h4-9,14-15,17,23,35H,3,10-13,29H2,1-2H3/t23-/m1/s1. The van der Waals surface area contributed by atoms with Gasteiger partial charge in [-0.3, -0.25) is 9.78 Å². The van der Waals surface area contributed by atoms with Crippen LogP contribution in [0.1, 0.15) is 43.4 Å². The van der Waals surface area contributed by atoms with E-state index in [-0.39, 0.29) is 17.6 Å². The molecule has 1 fully saturated rings. The summed E-state index contributed by atoms with van der Waals surface area (Å²) in [6.45, 7) is 4.88. The molecule has 1 atom stereocenters. The predicted octanol–water partition coefficient (Wildman–Crippen LogP) is 3.96. The van der Waals surface area contributed by atoms with Gasteiger partial charge in [0.25, 0.3) is 5.91 Å². The number of aromatic nitrogens is 4. The summed E-state index contributed by atoms with van der Waals surface area (Å²) in [5, 5.41) is 14.4. The minimum Gasteiger partial charge on any atom is -0.383 e. The van der Waals surface area contributed by atoms with Crippen LogP contribution in [0.15, 0.2) is 48.8 Å². The zero-order chi connectivity index (χ0) is 25.4. The Morgan fingerprint density at radius 1 is 1.17 bits per heavy atom. The van der Waals surface area contributed by atoms with Gasteiger partial charge in [0.15, 0.2) is 5.65 Å². The lowest BCUT2D eigenvalue weighted by Gasteiger charge is -2.33. The number of piperidine rings is 1. The van der Waals surface area contributed by atoms with Crippen molar-refractivity contribution >= 4 is 17.4 Å². The number of nitrogens with zero attached hydrogens (tertiary/aromatic N) is 5. The number of nitrogens with two attached hydrogens (primary N) is 1. The van der Waals surface area contributed by atoms with Gasteiger partial charge in [-0.2, -0.15) is 9.61 Å². The number of anilines is 1. The van der Waals surface area contributed by atoms with Crippen molar-refractivity contribution in [1.82, 2.24) is 24.5 Å². The summed E-state index contributed by atoms with van der Waals surface area (Å²) in [6.07, 6.45) is 4.37. The van der Waals surface area contributed by atoms with E-state index >= 15 is 0 Å². The predicted molar refractivity (Wildman–Crippen MR) is 136 cm³/mol.